The Morgan fingerprint density at radius 2 is 1.61 bits per heavy atom. The summed E-state index contributed by atoms with van der Waals surface area (Å²) in [7, 11) is 3.13. The summed E-state index contributed by atoms with van der Waals surface area (Å²) in [6.45, 7) is 19.7. The van der Waals surface area contributed by atoms with Crippen LogP contribution in [-0.2, 0) is 42.8 Å². The highest BCUT2D eigenvalue weighted by Crippen LogP contribution is 2.48. The Morgan fingerprint density at radius 3 is 2.18 bits per heavy atom. The topological polar surface area (TPSA) is 147 Å². The Hall–Kier alpha value is -2.12. The van der Waals surface area contributed by atoms with Crippen molar-refractivity contribution in [3.63, 3.8) is 0 Å². The van der Waals surface area contributed by atoms with Gasteiger partial charge in [0.15, 0.2) is 5.60 Å². The third-order valence-corrected chi connectivity index (χ3v) is 12.4. The van der Waals surface area contributed by atoms with E-state index < -0.39 is 82.8 Å². The van der Waals surface area contributed by atoms with E-state index in [4.69, 9.17) is 28.4 Å². The summed E-state index contributed by atoms with van der Waals surface area (Å²) in [6.07, 6.45) is -1.60. The molecule has 3 rings (SSSR count). The molecule has 3 fully saturated rings. The standard InChI is InChI=1S/C37H63NO11/c1-13-28-37(10)31(38(34(43)49-37)14-15-46-17-16-44-11)24(5)30(40)21(2)18-35(8,20-39)25(6)22(3)29(23(4)33(42)48-28)27-19-36(9,45-12)32(41)26(7)47-27/h20-29,31-32,41H,13-19H2,1-12H3/t21-,22-,23-,24+,25-,26+,27?,28-,29+,31-,32+,35+,36-,37-/m1/s1. The molecule has 0 aromatic rings. The molecule has 0 aromatic carbocycles. The van der Waals surface area contributed by atoms with Crippen LogP contribution in [0.5, 0.6) is 0 Å². The Bertz CT molecular complexity index is 1170. The molecule has 0 saturated carbocycles. The van der Waals surface area contributed by atoms with Gasteiger partial charge < -0.3 is 38.3 Å². The number of Topliss-reactive ketones (excluding diaryl/α,β-unsaturated/α-hetero) is 1. The number of cyclic esters (lactones) is 1. The smallest absolute Gasteiger partial charge is 0.411 e. The molecule has 1 unspecified atom stereocenters. The molecule has 0 aromatic heterocycles. The number of aldehydes is 1. The third-order valence-electron chi connectivity index (χ3n) is 12.4. The van der Waals surface area contributed by atoms with Crippen molar-refractivity contribution in [1.29, 1.82) is 0 Å². The number of nitrogens with zero attached hydrogens (tertiary/aromatic N) is 1. The highest BCUT2D eigenvalue weighted by molar-refractivity contribution is 5.86. The number of aliphatic hydroxyl groups excluding tert-OH is 1. The molecule has 1 N–H and O–H groups in total. The van der Waals surface area contributed by atoms with Gasteiger partial charge in [-0.3, -0.25) is 14.5 Å². The Balaban J connectivity index is 2.14. The molecule has 14 atom stereocenters. The van der Waals surface area contributed by atoms with E-state index in [1.807, 2.05) is 48.5 Å². The van der Waals surface area contributed by atoms with Crippen LogP contribution in [0.15, 0.2) is 0 Å². The van der Waals surface area contributed by atoms with Crippen LogP contribution in [0.1, 0.15) is 88.5 Å². The summed E-state index contributed by atoms with van der Waals surface area (Å²) in [5.74, 6) is -3.52. The second-order valence-electron chi connectivity index (χ2n) is 15.6. The number of hydrogen-bond acceptors (Lipinski definition) is 11. The maximum atomic E-state index is 14.3. The number of esters is 1. The minimum absolute atomic E-state index is 0.106. The van der Waals surface area contributed by atoms with Crippen LogP contribution in [0.25, 0.3) is 0 Å². The predicted octanol–water partition coefficient (Wildman–Crippen LogP) is 4.47. The van der Waals surface area contributed by atoms with Crippen LogP contribution in [0.3, 0.4) is 0 Å². The summed E-state index contributed by atoms with van der Waals surface area (Å²) >= 11 is 0. The Morgan fingerprint density at radius 1 is 0.959 bits per heavy atom. The third kappa shape index (κ3) is 8.19. The molecular weight excluding hydrogens is 634 g/mol. The first-order valence-corrected chi connectivity index (χ1v) is 18.0. The van der Waals surface area contributed by atoms with E-state index in [1.165, 1.54) is 4.90 Å². The number of fused-ring (bicyclic) bond motifs is 1. The van der Waals surface area contributed by atoms with Crippen LogP contribution in [0, 0.1) is 40.9 Å². The molecule has 3 aliphatic rings. The van der Waals surface area contributed by atoms with Crippen molar-refractivity contribution < 1.29 is 52.7 Å². The Kier molecular flexibility index (Phi) is 13.9. The lowest BCUT2D eigenvalue weighted by molar-refractivity contribution is -0.235. The van der Waals surface area contributed by atoms with Crippen LogP contribution < -0.4 is 0 Å². The molecule has 3 heterocycles. The van der Waals surface area contributed by atoms with Gasteiger partial charge >= 0.3 is 12.1 Å². The first kappa shape index (κ1) is 41.3. The number of carbonyl (C=O) groups is 4. The van der Waals surface area contributed by atoms with Gasteiger partial charge in [-0.1, -0.05) is 48.5 Å². The zero-order valence-corrected chi connectivity index (χ0v) is 31.9. The zero-order chi connectivity index (χ0) is 37.1. The number of ketones is 1. The molecule has 282 valence electrons. The lowest BCUT2D eigenvalue weighted by Crippen LogP contribution is -2.60. The van der Waals surface area contributed by atoms with Gasteiger partial charge in [-0.2, -0.15) is 0 Å². The average Bonchev–Trinajstić information content (AvgIpc) is 3.33. The second kappa shape index (κ2) is 16.5. The van der Waals surface area contributed by atoms with Crippen molar-refractivity contribution in [1.82, 2.24) is 4.90 Å². The number of rotatable bonds is 10. The number of hydrogen-bond donors (Lipinski definition) is 1. The number of methoxy groups -OCH3 is 2. The van der Waals surface area contributed by atoms with Gasteiger partial charge in [0.25, 0.3) is 0 Å². The fraction of sp³-hybridized carbons (Fsp3) is 0.892. The zero-order valence-electron chi connectivity index (χ0n) is 31.9. The van der Waals surface area contributed by atoms with E-state index in [9.17, 15) is 24.3 Å². The molecule has 12 heteroatoms. The normalized spacial score (nSPS) is 44.1. The fourth-order valence-corrected chi connectivity index (χ4v) is 9.00. The van der Waals surface area contributed by atoms with Gasteiger partial charge in [0.1, 0.15) is 24.3 Å². The molecule has 0 bridgehead atoms. The molecule has 0 spiro atoms. The molecule has 0 aliphatic carbocycles. The molecule has 1 amide bonds. The summed E-state index contributed by atoms with van der Waals surface area (Å²) in [5, 5.41) is 11.0. The van der Waals surface area contributed by atoms with Gasteiger partial charge in [0, 0.05) is 50.4 Å². The quantitative estimate of drug-likeness (QED) is 0.196. The van der Waals surface area contributed by atoms with E-state index in [-0.39, 0.29) is 37.2 Å². The summed E-state index contributed by atoms with van der Waals surface area (Å²) in [5.41, 5.74) is -3.22. The number of amides is 1. The van der Waals surface area contributed by atoms with Gasteiger partial charge in [0.05, 0.1) is 49.6 Å². The molecule has 49 heavy (non-hydrogen) atoms. The highest BCUT2D eigenvalue weighted by atomic mass is 16.6. The van der Waals surface area contributed by atoms with Crippen LogP contribution in [0.2, 0.25) is 0 Å². The van der Waals surface area contributed by atoms with Crippen molar-refractivity contribution in [2.45, 2.75) is 130 Å². The molecule has 12 nitrogen and oxygen atoms in total. The van der Waals surface area contributed by atoms with Crippen LogP contribution in [0.4, 0.5) is 4.79 Å². The van der Waals surface area contributed by atoms with E-state index in [1.54, 1.807) is 35.0 Å². The lowest BCUT2D eigenvalue weighted by Gasteiger charge is -2.50. The number of ether oxygens (including phenoxy) is 6. The first-order chi connectivity index (χ1) is 22.9. The average molecular weight is 698 g/mol. The predicted molar refractivity (Wildman–Crippen MR) is 182 cm³/mol. The SMILES string of the molecule is CC[C@H]1OC(=O)[C@H](C)[C@@H](C2C[C@@](C)(OC)[C@@H](O)[C@H](C)O2)[C@H](C)[C@@H](C)[C@](C)(C=O)C[C@@H](C)C(=O)[C@H](C)[C@H]2N(CCOCCOC)C(=O)O[C@]12C. The van der Waals surface area contributed by atoms with Crippen molar-refractivity contribution in [2.24, 2.45) is 40.9 Å². The van der Waals surface area contributed by atoms with Crippen molar-refractivity contribution in [3.05, 3.63) is 0 Å². The van der Waals surface area contributed by atoms with Crippen LogP contribution >= 0.6 is 0 Å². The molecule has 3 aliphatic heterocycles. The van der Waals surface area contributed by atoms with E-state index >= 15 is 0 Å². The number of aliphatic hydroxyl groups is 1. The molecule has 0 radical (unpaired) electrons. The van der Waals surface area contributed by atoms with Gasteiger partial charge in [0.2, 0.25) is 0 Å². The second-order valence-corrected chi connectivity index (χ2v) is 15.6. The van der Waals surface area contributed by atoms with Gasteiger partial charge in [-0.05, 0) is 45.4 Å². The van der Waals surface area contributed by atoms with Crippen molar-refractivity contribution in [3.8, 4) is 0 Å². The van der Waals surface area contributed by atoms with E-state index in [0.29, 0.717) is 26.1 Å². The summed E-state index contributed by atoms with van der Waals surface area (Å²) in [4.78, 5) is 56.8. The van der Waals surface area contributed by atoms with Crippen molar-refractivity contribution >= 4 is 24.1 Å². The lowest BCUT2D eigenvalue weighted by atomic mass is 9.61. The largest absolute Gasteiger partial charge is 0.458 e. The fourth-order valence-electron chi connectivity index (χ4n) is 9.00. The summed E-state index contributed by atoms with van der Waals surface area (Å²) in [6, 6.07) is -0.766. The monoisotopic (exact) mass is 697 g/mol. The van der Waals surface area contributed by atoms with Gasteiger partial charge in [-0.25, -0.2) is 4.79 Å². The van der Waals surface area contributed by atoms with Gasteiger partial charge in [-0.15, -0.1) is 0 Å². The first-order valence-electron chi connectivity index (χ1n) is 18.0. The van der Waals surface area contributed by atoms with E-state index in [0.717, 1.165) is 6.29 Å². The van der Waals surface area contributed by atoms with E-state index in [2.05, 4.69) is 0 Å². The van der Waals surface area contributed by atoms with Crippen LogP contribution in [-0.4, -0.2) is 116 Å². The maximum Gasteiger partial charge on any atom is 0.411 e. The summed E-state index contributed by atoms with van der Waals surface area (Å²) < 4.78 is 35.5. The maximum absolute atomic E-state index is 14.3. The molecular formula is C37H63NO11. The van der Waals surface area contributed by atoms with Crippen molar-refractivity contribution in [2.75, 3.05) is 40.6 Å². The minimum atomic E-state index is -1.36. The number of carbonyl (C=O) groups excluding carboxylic acids is 4. The Labute approximate surface area is 293 Å². The molecule has 3 saturated heterocycles. The minimum Gasteiger partial charge on any atom is -0.458 e. The highest BCUT2D eigenvalue weighted by Gasteiger charge is 2.60.